The molecule has 6 nitrogen and oxygen atoms in total. The second-order valence-electron chi connectivity index (χ2n) is 5.99. The molecule has 3 heterocycles. The number of likely N-dealkylation sites (tertiary alicyclic amines) is 2. The van der Waals surface area contributed by atoms with E-state index in [4.69, 9.17) is 5.73 Å². The summed E-state index contributed by atoms with van der Waals surface area (Å²) in [4.78, 5) is 39.4. The Kier molecular flexibility index (Phi) is 4.26. The van der Waals surface area contributed by atoms with Crippen molar-refractivity contribution in [2.75, 3.05) is 13.1 Å². The molecule has 2 fully saturated rings. The molecule has 0 bridgehead atoms. The van der Waals surface area contributed by atoms with Crippen LogP contribution in [0.15, 0.2) is 17.5 Å². The molecule has 0 aromatic carbocycles. The zero-order valence-electron chi connectivity index (χ0n) is 12.3. The average Bonchev–Trinajstić information content (AvgIpc) is 3.11. The smallest absolute Gasteiger partial charge is 0.288 e. The highest BCUT2D eigenvalue weighted by molar-refractivity contribution is 7.09. The summed E-state index contributed by atoms with van der Waals surface area (Å²) in [6.07, 6.45) is 1.68. The zero-order chi connectivity index (χ0) is 15.7. The van der Waals surface area contributed by atoms with Gasteiger partial charge in [-0.05, 0) is 11.4 Å². The second kappa shape index (κ2) is 6.18. The largest absolute Gasteiger partial charge is 0.369 e. The molecule has 3 rings (SSSR count). The summed E-state index contributed by atoms with van der Waals surface area (Å²) < 4.78 is 0. The lowest BCUT2D eigenvalue weighted by atomic mass is 9.95. The van der Waals surface area contributed by atoms with E-state index in [1.54, 1.807) is 11.3 Å². The number of thiophene rings is 1. The van der Waals surface area contributed by atoms with Crippen LogP contribution in [0, 0.1) is 5.92 Å². The Hall–Kier alpha value is -1.73. The van der Waals surface area contributed by atoms with Crippen molar-refractivity contribution >= 4 is 29.1 Å². The number of primary amides is 1. The van der Waals surface area contributed by atoms with Gasteiger partial charge in [0, 0.05) is 23.6 Å². The summed E-state index contributed by atoms with van der Waals surface area (Å²) in [5, 5.41) is 1.94. The van der Waals surface area contributed by atoms with Crippen molar-refractivity contribution in [2.24, 2.45) is 11.7 Å². The molecule has 22 heavy (non-hydrogen) atoms. The van der Waals surface area contributed by atoms with Crippen LogP contribution < -0.4 is 10.6 Å². The Labute approximate surface area is 132 Å². The van der Waals surface area contributed by atoms with Gasteiger partial charge in [-0.2, -0.15) is 0 Å². The van der Waals surface area contributed by atoms with Crippen molar-refractivity contribution in [1.82, 2.24) is 4.90 Å². The molecule has 0 spiro atoms. The summed E-state index contributed by atoms with van der Waals surface area (Å²) >= 11 is 1.55. The minimum atomic E-state index is -0.290. The third-order valence-electron chi connectivity index (χ3n) is 4.66. The number of hydrogen-bond acceptors (Lipinski definition) is 4. The van der Waals surface area contributed by atoms with Crippen molar-refractivity contribution in [3.63, 3.8) is 0 Å². The number of quaternary nitrogens is 1. The van der Waals surface area contributed by atoms with Crippen molar-refractivity contribution in [3.8, 4) is 0 Å². The molecule has 1 aromatic rings. The fourth-order valence-electron chi connectivity index (χ4n) is 3.35. The summed E-state index contributed by atoms with van der Waals surface area (Å²) in [5.41, 5.74) is 5.34. The fourth-order valence-corrected chi connectivity index (χ4v) is 4.04. The van der Waals surface area contributed by atoms with E-state index >= 15 is 0 Å². The molecule has 2 aliphatic heterocycles. The van der Waals surface area contributed by atoms with Crippen LogP contribution in [0.2, 0.25) is 0 Å². The van der Waals surface area contributed by atoms with E-state index in [1.165, 1.54) is 4.90 Å². The van der Waals surface area contributed by atoms with E-state index in [2.05, 4.69) is 0 Å². The third-order valence-corrected chi connectivity index (χ3v) is 5.52. The van der Waals surface area contributed by atoms with Crippen LogP contribution in [0.1, 0.15) is 24.1 Å². The van der Waals surface area contributed by atoms with Gasteiger partial charge in [-0.25, -0.2) is 0 Å². The summed E-state index contributed by atoms with van der Waals surface area (Å²) in [6, 6.07) is 3.56. The normalized spacial score (nSPS) is 29.1. The van der Waals surface area contributed by atoms with E-state index < -0.39 is 0 Å². The fraction of sp³-hybridized carbons (Fsp3) is 0.533. The Balaban J connectivity index is 1.63. The Morgan fingerprint density at radius 3 is 2.68 bits per heavy atom. The van der Waals surface area contributed by atoms with Gasteiger partial charge < -0.3 is 10.6 Å². The highest BCUT2D eigenvalue weighted by Crippen LogP contribution is 2.19. The Morgan fingerprint density at radius 2 is 2.09 bits per heavy atom. The van der Waals surface area contributed by atoms with Crippen molar-refractivity contribution in [3.05, 3.63) is 22.4 Å². The first-order valence-corrected chi connectivity index (χ1v) is 8.44. The molecule has 1 aromatic heterocycles. The molecular formula is C15H20N3O3S+. The van der Waals surface area contributed by atoms with Gasteiger partial charge in [0.25, 0.3) is 5.91 Å². The topological polar surface area (TPSA) is 84.9 Å². The highest BCUT2D eigenvalue weighted by atomic mass is 32.1. The maximum atomic E-state index is 12.6. The second-order valence-corrected chi connectivity index (χ2v) is 7.02. The Bertz CT molecular complexity index is 579. The lowest BCUT2D eigenvalue weighted by Gasteiger charge is -2.30. The lowest BCUT2D eigenvalue weighted by molar-refractivity contribution is -0.920. The highest BCUT2D eigenvalue weighted by Gasteiger charge is 2.46. The molecule has 0 unspecified atom stereocenters. The number of nitrogens with two attached hydrogens (primary N) is 1. The molecule has 7 heteroatoms. The molecule has 0 radical (unpaired) electrons. The van der Waals surface area contributed by atoms with Gasteiger partial charge in [-0.15, -0.1) is 11.3 Å². The summed E-state index contributed by atoms with van der Waals surface area (Å²) in [7, 11) is 0. The minimum absolute atomic E-state index is 0.0778. The molecule has 2 aliphatic rings. The molecule has 3 amide bonds. The third kappa shape index (κ3) is 2.91. The molecule has 118 valence electrons. The number of piperidine rings is 1. The maximum absolute atomic E-state index is 12.6. The van der Waals surface area contributed by atoms with Crippen LogP contribution in [0.5, 0.6) is 0 Å². The van der Waals surface area contributed by atoms with E-state index in [9.17, 15) is 14.4 Å². The predicted octanol–water partition coefficient (Wildman–Crippen LogP) is -0.844. The number of hydrogen-bond donors (Lipinski definition) is 2. The first kappa shape index (κ1) is 15.2. The monoisotopic (exact) mass is 322 g/mol. The SMILES string of the molecule is NC(=O)C1CC[NH+]([C@@H]2CC(=O)N(Cc3cccs3)C2=O)CC1. The Morgan fingerprint density at radius 1 is 1.36 bits per heavy atom. The number of amides is 3. The standard InChI is InChI=1S/C15H19N3O3S/c16-14(20)10-3-5-17(6-4-10)12-8-13(19)18(15(12)21)9-11-2-1-7-22-11/h1-2,7,10,12H,3-6,8-9H2,(H2,16,20)/p+1/t12-/m1/s1. The summed E-state index contributed by atoms with van der Waals surface area (Å²) in [5.74, 6) is -0.510. The first-order chi connectivity index (χ1) is 10.6. The number of nitrogens with one attached hydrogen (secondary N) is 1. The minimum Gasteiger partial charge on any atom is -0.369 e. The van der Waals surface area contributed by atoms with Crippen LogP contribution in [0.3, 0.4) is 0 Å². The van der Waals surface area contributed by atoms with Gasteiger partial charge in [0.15, 0.2) is 6.04 Å². The molecule has 1 atom stereocenters. The maximum Gasteiger partial charge on any atom is 0.288 e. The zero-order valence-corrected chi connectivity index (χ0v) is 13.1. The van der Waals surface area contributed by atoms with Gasteiger partial charge in [0.1, 0.15) is 0 Å². The van der Waals surface area contributed by atoms with Crippen LogP contribution in [-0.2, 0) is 20.9 Å². The average molecular weight is 322 g/mol. The van der Waals surface area contributed by atoms with Gasteiger partial charge in [-0.3, -0.25) is 19.3 Å². The van der Waals surface area contributed by atoms with Crippen molar-refractivity contribution < 1.29 is 19.3 Å². The first-order valence-electron chi connectivity index (χ1n) is 7.56. The number of imide groups is 1. The van der Waals surface area contributed by atoms with E-state index in [-0.39, 0.29) is 36.1 Å². The van der Waals surface area contributed by atoms with Crippen LogP contribution in [-0.4, -0.2) is 41.8 Å². The van der Waals surface area contributed by atoms with Gasteiger partial charge >= 0.3 is 0 Å². The van der Waals surface area contributed by atoms with Gasteiger partial charge in [-0.1, -0.05) is 6.07 Å². The predicted molar refractivity (Wildman–Crippen MR) is 80.9 cm³/mol. The molecule has 3 N–H and O–H groups in total. The van der Waals surface area contributed by atoms with E-state index in [0.29, 0.717) is 19.4 Å². The van der Waals surface area contributed by atoms with Crippen molar-refractivity contribution in [1.29, 1.82) is 0 Å². The van der Waals surface area contributed by atoms with Crippen LogP contribution in [0.25, 0.3) is 0 Å². The van der Waals surface area contributed by atoms with Gasteiger partial charge in [0.2, 0.25) is 11.8 Å². The number of rotatable bonds is 4. The molecule has 0 saturated carbocycles. The van der Waals surface area contributed by atoms with Crippen molar-refractivity contribution in [2.45, 2.75) is 31.8 Å². The van der Waals surface area contributed by atoms with Crippen LogP contribution in [0.4, 0.5) is 0 Å². The molecule has 2 saturated heterocycles. The number of carbonyl (C=O) groups excluding carboxylic acids is 3. The molecule has 0 aliphatic carbocycles. The number of nitrogens with zero attached hydrogens (tertiary/aromatic N) is 1. The quantitative estimate of drug-likeness (QED) is 0.709. The van der Waals surface area contributed by atoms with E-state index in [0.717, 1.165) is 22.9 Å². The van der Waals surface area contributed by atoms with Crippen LogP contribution >= 0.6 is 11.3 Å². The lowest BCUT2D eigenvalue weighted by Crippen LogP contribution is -3.17. The van der Waals surface area contributed by atoms with Gasteiger partial charge in [0.05, 0.1) is 26.1 Å². The molecular weight excluding hydrogens is 302 g/mol. The number of carbonyl (C=O) groups is 3. The van der Waals surface area contributed by atoms with E-state index in [1.807, 2.05) is 17.5 Å². The summed E-state index contributed by atoms with van der Waals surface area (Å²) in [6.45, 7) is 1.83.